The van der Waals surface area contributed by atoms with Gasteiger partial charge in [0.25, 0.3) is 5.91 Å². The molecule has 2 aliphatic heterocycles. The lowest BCUT2D eigenvalue weighted by molar-refractivity contribution is 0.0342. The summed E-state index contributed by atoms with van der Waals surface area (Å²) in [6.07, 6.45) is 3.62. The Morgan fingerprint density at radius 3 is 2.96 bits per heavy atom. The summed E-state index contributed by atoms with van der Waals surface area (Å²) in [5.41, 5.74) is 1.94. The van der Waals surface area contributed by atoms with Gasteiger partial charge in [0.05, 0.1) is 13.2 Å². The van der Waals surface area contributed by atoms with Gasteiger partial charge in [0.2, 0.25) is 0 Å². The third-order valence-corrected chi connectivity index (χ3v) is 5.01. The Labute approximate surface area is 144 Å². The van der Waals surface area contributed by atoms with E-state index >= 15 is 0 Å². The van der Waals surface area contributed by atoms with Crippen molar-refractivity contribution in [1.29, 1.82) is 0 Å². The molecule has 1 aromatic carbocycles. The number of morpholine rings is 1. The Kier molecular flexibility index (Phi) is 6.24. The minimum absolute atomic E-state index is 0.0266. The first-order valence-corrected chi connectivity index (χ1v) is 9.15. The standard InChI is InChI=1S/C19H29N3O2/c1-15(18-7-2-3-8-20-18)21-19(23)17-6-4-5-16(13-17)14-22-9-11-24-12-10-22/h4-6,13,15,18,20H,2-3,7-12,14H2,1H3,(H,21,23)/t15-,18+/m1/s1. The first-order chi connectivity index (χ1) is 11.7. The first kappa shape index (κ1) is 17.4. The summed E-state index contributed by atoms with van der Waals surface area (Å²) in [6, 6.07) is 8.54. The zero-order valence-electron chi connectivity index (χ0n) is 14.6. The minimum atomic E-state index is 0.0266. The number of hydrogen-bond acceptors (Lipinski definition) is 4. The highest BCUT2D eigenvalue weighted by Crippen LogP contribution is 2.13. The van der Waals surface area contributed by atoms with Gasteiger partial charge in [-0.1, -0.05) is 18.6 Å². The Hall–Kier alpha value is -1.43. The molecule has 5 heteroatoms. The third kappa shape index (κ3) is 4.79. The molecule has 5 nitrogen and oxygen atoms in total. The third-order valence-electron chi connectivity index (χ3n) is 5.01. The highest BCUT2D eigenvalue weighted by atomic mass is 16.5. The molecule has 2 saturated heterocycles. The van der Waals surface area contributed by atoms with Gasteiger partial charge in [-0.05, 0) is 44.0 Å². The summed E-state index contributed by atoms with van der Waals surface area (Å²) < 4.78 is 5.39. The van der Waals surface area contributed by atoms with Gasteiger partial charge in [0, 0.05) is 37.3 Å². The Balaban J connectivity index is 1.56. The van der Waals surface area contributed by atoms with Crippen LogP contribution in [0.2, 0.25) is 0 Å². The van der Waals surface area contributed by atoms with E-state index in [1.54, 1.807) is 0 Å². The Morgan fingerprint density at radius 2 is 2.21 bits per heavy atom. The molecule has 2 heterocycles. The minimum Gasteiger partial charge on any atom is -0.379 e. The van der Waals surface area contributed by atoms with Gasteiger partial charge < -0.3 is 15.4 Å². The second-order valence-electron chi connectivity index (χ2n) is 6.91. The van der Waals surface area contributed by atoms with Gasteiger partial charge in [-0.15, -0.1) is 0 Å². The number of ether oxygens (including phenoxy) is 1. The van der Waals surface area contributed by atoms with Crippen LogP contribution in [0.25, 0.3) is 0 Å². The lowest BCUT2D eigenvalue weighted by atomic mass is 9.98. The van der Waals surface area contributed by atoms with Crippen molar-refractivity contribution in [1.82, 2.24) is 15.5 Å². The van der Waals surface area contributed by atoms with Crippen molar-refractivity contribution in [3.8, 4) is 0 Å². The molecule has 0 aromatic heterocycles. The number of hydrogen-bond donors (Lipinski definition) is 2. The molecule has 2 N–H and O–H groups in total. The SMILES string of the molecule is C[C@@H](NC(=O)c1cccc(CN2CCOCC2)c1)[C@@H]1CCCCN1. The van der Waals surface area contributed by atoms with Crippen molar-refractivity contribution in [2.45, 2.75) is 44.8 Å². The number of nitrogens with zero attached hydrogens (tertiary/aromatic N) is 1. The van der Waals surface area contributed by atoms with Crippen LogP contribution in [0.1, 0.15) is 42.1 Å². The highest BCUT2D eigenvalue weighted by molar-refractivity contribution is 5.94. The van der Waals surface area contributed by atoms with Crippen molar-refractivity contribution in [2.24, 2.45) is 0 Å². The van der Waals surface area contributed by atoms with E-state index in [0.717, 1.165) is 51.4 Å². The van der Waals surface area contributed by atoms with E-state index in [1.807, 2.05) is 18.2 Å². The molecular formula is C19H29N3O2. The molecule has 24 heavy (non-hydrogen) atoms. The van der Waals surface area contributed by atoms with E-state index in [4.69, 9.17) is 4.74 Å². The molecule has 0 saturated carbocycles. The van der Waals surface area contributed by atoms with E-state index in [1.165, 1.54) is 18.4 Å². The predicted octanol–water partition coefficient (Wildman–Crippen LogP) is 1.78. The molecule has 0 unspecified atom stereocenters. The second kappa shape index (κ2) is 8.60. The molecule has 2 fully saturated rings. The van der Waals surface area contributed by atoms with Gasteiger partial charge >= 0.3 is 0 Å². The number of rotatable bonds is 5. The van der Waals surface area contributed by atoms with Gasteiger partial charge in [-0.2, -0.15) is 0 Å². The maximum absolute atomic E-state index is 12.6. The average Bonchev–Trinajstić information content (AvgIpc) is 2.63. The largest absolute Gasteiger partial charge is 0.379 e. The first-order valence-electron chi connectivity index (χ1n) is 9.15. The summed E-state index contributed by atoms with van der Waals surface area (Å²) in [5.74, 6) is 0.0266. The number of carbonyl (C=O) groups excluding carboxylic acids is 1. The molecule has 2 atom stereocenters. The van der Waals surface area contributed by atoms with Crippen LogP contribution in [0, 0.1) is 0 Å². The van der Waals surface area contributed by atoms with Crippen LogP contribution in [-0.4, -0.2) is 55.7 Å². The summed E-state index contributed by atoms with van der Waals surface area (Å²) in [7, 11) is 0. The molecule has 0 aliphatic carbocycles. The zero-order chi connectivity index (χ0) is 16.8. The van der Waals surface area contributed by atoms with Crippen LogP contribution in [0.4, 0.5) is 0 Å². The van der Waals surface area contributed by atoms with Gasteiger partial charge in [-0.3, -0.25) is 9.69 Å². The Bertz CT molecular complexity index is 537. The number of nitrogens with one attached hydrogen (secondary N) is 2. The van der Waals surface area contributed by atoms with E-state index in [-0.39, 0.29) is 11.9 Å². The normalized spacial score (nSPS) is 23.6. The number of amides is 1. The van der Waals surface area contributed by atoms with Gasteiger partial charge in [0.1, 0.15) is 0 Å². The van der Waals surface area contributed by atoms with E-state index in [0.29, 0.717) is 6.04 Å². The monoisotopic (exact) mass is 331 g/mol. The maximum atomic E-state index is 12.6. The topological polar surface area (TPSA) is 53.6 Å². The van der Waals surface area contributed by atoms with E-state index in [2.05, 4.69) is 28.5 Å². The van der Waals surface area contributed by atoms with E-state index in [9.17, 15) is 4.79 Å². The van der Waals surface area contributed by atoms with Gasteiger partial charge in [0.15, 0.2) is 0 Å². The number of piperidine rings is 1. The fourth-order valence-corrected chi connectivity index (χ4v) is 3.52. The highest BCUT2D eigenvalue weighted by Gasteiger charge is 2.21. The predicted molar refractivity (Wildman–Crippen MR) is 95.1 cm³/mol. The molecule has 0 radical (unpaired) electrons. The Morgan fingerprint density at radius 1 is 1.38 bits per heavy atom. The fourth-order valence-electron chi connectivity index (χ4n) is 3.52. The molecular weight excluding hydrogens is 302 g/mol. The quantitative estimate of drug-likeness (QED) is 0.864. The van der Waals surface area contributed by atoms with Crippen molar-refractivity contribution in [3.05, 3.63) is 35.4 Å². The number of carbonyl (C=O) groups is 1. The van der Waals surface area contributed by atoms with E-state index < -0.39 is 0 Å². The molecule has 0 spiro atoms. The lowest BCUT2D eigenvalue weighted by Gasteiger charge is -2.29. The summed E-state index contributed by atoms with van der Waals surface area (Å²) in [6.45, 7) is 7.54. The van der Waals surface area contributed by atoms with Crippen LogP contribution >= 0.6 is 0 Å². The summed E-state index contributed by atoms with van der Waals surface area (Å²) >= 11 is 0. The summed E-state index contributed by atoms with van der Waals surface area (Å²) in [5, 5.41) is 6.67. The molecule has 3 rings (SSSR count). The van der Waals surface area contributed by atoms with Crippen molar-refractivity contribution in [2.75, 3.05) is 32.8 Å². The maximum Gasteiger partial charge on any atom is 0.251 e. The van der Waals surface area contributed by atoms with Gasteiger partial charge in [-0.25, -0.2) is 0 Å². The van der Waals surface area contributed by atoms with Crippen LogP contribution < -0.4 is 10.6 Å². The average molecular weight is 331 g/mol. The molecule has 2 aliphatic rings. The molecule has 132 valence electrons. The lowest BCUT2D eigenvalue weighted by Crippen LogP contribution is -2.50. The van der Waals surface area contributed by atoms with Crippen molar-refractivity contribution >= 4 is 5.91 Å². The van der Waals surface area contributed by atoms with Crippen LogP contribution in [-0.2, 0) is 11.3 Å². The van der Waals surface area contributed by atoms with Crippen LogP contribution in [0.15, 0.2) is 24.3 Å². The smallest absolute Gasteiger partial charge is 0.251 e. The van der Waals surface area contributed by atoms with Crippen LogP contribution in [0.5, 0.6) is 0 Å². The molecule has 1 amide bonds. The van der Waals surface area contributed by atoms with Crippen molar-refractivity contribution in [3.63, 3.8) is 0 Å². The molecule has 0 bridgehead atoms. The zero-order valence-corrected chi connectivity index (χ0v) is 14.6. The van der Waals surface area contributed by atoms with Crippen LogP contribution in [0.3, 0.4) is 0 Å². The summed E-state index contributed by atoms with van der Waals surface area (Å²) in [4.78, 5) is 14.9. The van der Waals surface area contributed by atoms with Crippen molar-refractivity contribution < 1.29 is 9.53 Å². The number of benzene rings is 1. The molecule has 1 aromatic rings. The second-order valence-corrected chi connectivity index (χ2v) is 6.91. The fraction of sp³-hybridized carbons (Fsp3) is 0.632.